The van der Waals surface area contributed by atoms with Crippen LogP contribution in [0.5, 0.6) is 0 Å². The van der Waals surface area contributed by atoms with Crippen molar-refractivity contribution in [2.75, 3.05) is 6.54 Å². The van der Waals surface area contributed by atoms with Crippen molar-refractivity contribution < 1.29 is 5.11 Å². The van der Waals surface area contributed by atoms with Crippen LogP contribution in [0.25, 0.3) is 0 Å². The number of hydrogen-bond donors (Lipinski definition) is 2. The van der Waals surface area contributed by atoms with E-state index >= 15 is 0 Å². The zero-order valence-corrected chi connectivity index (χ0v) is 8.21. The lowest BCUT2D eigenvalue weighted by Gasteiger charge is -2.12. The van der Waals surface area contributed by atoms with Crippen LogP contribution in [-0.4, -0.2) is 23.8 Å². The van der Waals surface area contributed by atoms with Gasteiger partial charge in [-0.1, -0.05) is 6.92 Å². The molecule has 2 N–H and O–H groups in total. The molecule has 0 radical (unpaired) electrons. The summed E-state index contributed by atoms with van der Waals surface area (Å²) in [6, 6.07) is 0.721. The first kappa shape index (κ1) is 10.0. The SMILES string of the molecule is C[C@@H]1CC[C@@H](NCC[C@@H](C)O)C1. The molecule has 3 atom stereocenters. The summed E-state index contributed by atoms with van der Waals surface area (Å²) in [4.78, 5) is 0. The Hall–Kier alpha value is -0.0800. The molecule has 72 valence electrons. The Morgan fingerprint density at radius 3 is 2.75 bits per heavy atom. The van der Waals surface area contributed by atoms with Gasteiger partial charge in [0.05, 0.1) is 6.10 Å². The number of aliphatic hydroxyl groups is 1. The molecule has 1 aliphatic rings. The maximum Gasteiger partial charge on any atom is 0.0524 e. The van der Waals surface area contributed by atoms with Crippen LogP contribution in [0.3, 0.4) is 0 Å². The first-order valence-electron chi connectivity index (χ1n) is 5.10. The molecule has 1 rings (SSSR count). The summed E-state index contributed by atoms with van der Waals surface area (Å²) >= 11 is 0. The van der Waals surface area contributed by atoms with Crippen molar-refractivity contribution in [3.8, 4) is 0 Å². The van der Waals surface area contributed by atoms with Gasteiger partial charge < -0.3 is 10.4 Å². The molecule has 0 spiro atoms. The molecule has 12 heavy (non-hydrogen) atoms. The van der Waals surface area contributed by atoms with Crippen molar-refractivity contribution in [2.45, 2.75) is 51.7 Å². The van der Waals surface area contributed by atoms with E-state index in [9.17, 15) is 0 Å². The van der Waals surface area contributed by atoms with E-state index in [0.717, 1.165) is 24.9 Å². The summed E-state index contributed by atoms with van der Waals surface area (Å²) in [5.41, 5.74) is 0. The van der Waals surface area contributed by atoms with E-state index in [-0.39, 0.29) is 6.10 Å². The zero-order valence-electron chi connectivity index (χ0n) is 8.21. The van der Waals surface area contributed by atoms with Crippen molar-refractivity contribution >= 4 is 0 Å². The molecule has 0 aromatic heterocycles. The van der Waals surface area contributed by atoms with Crippen molar-refractivity contribution in [3.63, 3.8) is 0 Å². The summed E-state index contributed by atoms with van der Waals surface area (Å²) in [6.45, 7) is 5.13. The van der Waals surface area contributed by atoms with Crippen LogP contribution in [0.15, 0.2) is 0 Å². The molecule has 0 aromatic carbocycles. The average molecular weight is 171 g/mol. The van der Waals surface area contributed by atoms with Crippen molar-refractivity contribution in [1.82, 2.24) is 5.32 Å². The van der Waals surface area contributed by atoms with E-state index in [0.29, 0.717) is 0 Å². The Morgan fingerprint density at radius 1 is 1.50 bits per heavy atom. The van der Waals surface area contributed by atoms with Gasteiger partial charge in [0.25, 0.3) is 0 Å². The fourth-order valence-electron chi connectivity index (χ4n) is 1.89. The number of rotatable bonds is 4. The molecule has 0 aliphatic heterocycles. The van der Waals surface area contributed by atoms with E-state index in [1.165, 1.54) is 19.3 Å². The second kappa shape index (κ2) is 4.83. The van der Waals surface area contributed by atoms with Gasteiger partial charge in [-0.15, -0.1) is 0 Å². The molecule has 1 aliphatic carbocycles. The lowest BCUT2D eigenvalue weighted by molar-refractivity contribution is 0.182. The summed E-state index contributed by atoms with van der Waals surface area (Å²) in [6.07, 6.45) is 4.73. The Kier molecular flexibility index (Phi) is 4.02. The van der Waals surface area contributed by atoms with Crippen LogP contribution in [0.4, 0.5) is 0 Å². The monoisotopic (exact) mass is 171 g/mol. The fraction of sp³-hybridized carbons (Fsp3) is 1.00. The second-order valence-electron chi connectivity index (χ2n) is 4.21. The van der Waals surface area contributed by atoms with Gasteiger partial charge in [0.1, 0.15) is 0 Å². The standard InChI is InChI=1S/C10H21NO/c1-8-3-4-10(7-8)11-6-5-9(2)12/h8-12H,3-7H2,1-2H3/t8-,9-,10-/m1/s1. The van der Waals surface area contributed by atoms with Crippen molar-refractivity contribution in [2.24, 2.45) is 5.92 Å². The molecule has 0 aromatic rings. The third kappa shape index (κ3) is 3.55. The fourth-order valence-corrected chi connectivity index (χ4v) is 1.89. The first-order valence-corrected chi connectivity index (χ1v) is 5.10. The highest BCUT2D eigenvalue weighted by atomic mass is 16.3. The Balaban J connectivity index is 2.00. The minimum absolute atomic E-state index is 0.156. The number of aliphatic hydroxyl groups excluding tert-OH is 1. The third-order valence-corrected chi connectivity index (χ3v) is 2.69. The van der Waals surface area contributed by atoms with Crippen LogP contribution in [-0.2, 0) is 0 Å². The van der Waals surface area contributed by atoms with Gasteiger partial charge in [-0.25, -0.2) is 0 Å². The highest BCUT2D eigenvalue weighted by molar-refractivity contribution is 4.78. The Labute approximate surface area is 75.4 Å². The minimum Gasteiger partial charge on any atom is -0.393 e. The molecule has 0 amide bonds. The van der Waals surface area contributed by atoms with E-state index in [1.54, 1.807) is 0 Å². The molecular formula is C10H21NO. The minimum atomic E-state index is -0.156. The summed E-state index contributed by atoms with van der Waals surface area (Å²) in [7, 11) is 0. The lowest BCUT2D eigenvalue weighted by atomic mass is 10.1. The Bertz CT molecular complexity index is 125. The smallest absolute Gasteiger partial charge is 0.0524 e. The third-order valence-electron chi connectivity index (χ3n) is 2.69. The molecule has 0 bridgehead atoms. The largest absolute Gasteiger partial charge is 0.393 e. The van der Waals surface area contributed by atoms with Crippen LogP contribution in [0.2, 0.25) is 0 Å². The maximum absolute atomic E-state index is 9.04. The lowest BCUT2D eigenvalue weighted by Crippen LogP contribution is -2.28. The second-order valence-corrected chi connectivity index (χ2v) is 4.21. The first-order chi connectivity index (χ1) is 5.68. The van der Waals surface area contributed by atoms with Crippen molar-refractivity contribution in [3.05, 3.63) is 0 Å². The van der Waals surface area contributed by atoms with E-state index < -0.39 is 0 Å². The summed E-state index contributed by atoms with van der Waals surface area (Å²) in [5.74, 6) is 0.897. The van der Waals surface area contributed by atoms with Crippen LogP contribution in [0, 0.1) is 5.92 Å². The highest BCUT2D eigenvalue weighted by Gasteiger charge is 2.20. The Morgan fingerprint density at radius 2 is 2.25 bits per heavy atom. The van der Waals surface area contributed by atoms with Crippen LogP contribution in [0.1, 0.15) is 39.5 Å². The van der Waals surface area contributed by atoms with E-state index in [4.69, 9.17) is 5.11 Å². The molecular weight excluding hydrogens is 150 g/mol. The molecule has 2 nitrogen and oxygen atoms in total. The van der Waals surface area contributed by atoms with Gasteiger partial charge in [-0.05, 0) is 45.1 Å². The van der Waals surface area contributed by atoms with Gasteiger partial charge in [0.2, 0.25) is 0 Å². The number of hydrogen-bond acceptors (Lipinski definition) is 2. The van der Waals surface area contributed by atoms with Gasteiger partial charge in [-0.2, -0.15) is 0 Å². The summed E-state index contributed by atoms with van der Waals surface area (Å²) < 4.78 is 0. The molecule has 2 heteroatoms. The average Bonchev–Trinajstić information content (AvgIpc) is 2.35. The summed E-state index contributed by atoms with van der Waals surface area (Å²) in [5, 5.41) is 12.5. The van der Waals surface area contributed by atoms with E-state index in [1.807, 2.05) is 6.92 Å². The predicted molar refractivity (Wildman–Crippen MR) is 51.1 cm³/mol. The van der Waals surface area contributed by atoms with Gasteiger partial charge in [0.15, 0.2) is 0 Å². The van der Waals surface area contributed by atoms with Crippen LogP contribution < -0.4 is 5.32 Å². The molecule has 0 unspecified atom stereocenters. The normalized spacial score (nSPS) is 32.2. The van der Waals surface area contributed by atoms with E-state index in [2.05, 4.69) is 12.2 Å². The number of nitrogens with one attached hydrogen (secondary N) is 1. The molecule has 1 fully saturated rings. The molecule has 0 saturated heterocycles. The predicted octanol–water partition coefficient (Wildman–Crippen LogP) is 1.54. The zero-order chi connectivity index (χ0) is 8.97. The molecule has 0 heterocycles. The van der Waals surface area contributed by atoms with Gasteiger partial charge in [0, 0.05) is 6.04 Å². The quantitative estimate of drug-likeness (QED) is 0.672. The van der Waals surface area contributed by atoms with Crippen molar-refractivity contribution in [1.29, 1.82) is 0 Å². The van der Waals surface area contributed by atoms with Gasteiger partial charge >= 0.3 is 0 Å². The van der Waals surface area contributed by atoms with Crippen LogP contribution >= 0.6 is 0 Å². The molecule has 1 saturated carbocycles. The maximum atomic E-state index is 9.04. The highest BCUT2D eigenvalue weighted by Crippen LogP contribution is 2.24. The van der Waals surface area contributed by atoms with Gasteiger partial charge in [-0.3, -0.25) is 0 Å². The topological polar surface area (TPSA) is 32.3 Å².